The topological polar surface area (TPSA) is 154 Å². The van der Waals surface area contributed by atoms with Crippen molar-refractivity contribution in [2.75, 3.05) is 6.54 Å². The van der Waals surface area contributed by atoms with E-state index in [1.165, 1.54) is 36.6 Å². The van der Waals surface area contributed by atoms with Crippen LogP contribution in [0.25, 0.3) is 6.08 Å². The number of H-pyrrole nitrogens is 1. The number of benzene rings is 1. The summed E-state index contributed by atoms with van der Waals surface area (Å²) >= 11 is 12.5. The Bertz CT molecular complexity index is 1220. The number of aromatic nitrogens is 1. The zero-order chi connectivity index (χ0) is 25.4. The van der Waals surface area contributed by atoms with Crippen LogP contribution in [-0.2, 0) is 16.1 Å². The van der Waals surface area contributed by atoms with Gasteiger partial charge in [0.05, 0.1) is 21.9 Å². The van der Waals surface area contributed by atoms with Crippen molar-refractivity contribution in [3.8, 4) is 0 Å². The molecule has 1 aromatic carbocycles. The van der Waals surface area contributed by atoms with Crippen LogP contribution in [0.1, 0.15) is 32.2 Å². The number of carbonyl (C=O) groups excluding carboxylic acids is 3. The highest BCUT2D eigenvalue weighted by molar-refractivity contribution is 6.39. The van der Waals surface area contributed by atoms with Crippen molar-refractivity contribution in [2.24, 2.45) is 0 Å². The van der Waals surface area contributed by atoms with E-state index in [1.54, 1.807) is 24.4 Å². The van der Waals surface area contributed by atoms with Gasteiger partial charge in [0, 0.05) is 25.4 Å². The predicted molar refractivity (Wildman–Crippen MR) is 128 cm³/mol. The number of furan rings is 1. The van der Waals surface area contributed by atoms with Crippen LogP contribution in [-0.4, -0.2) is 46.4 Å². The van der Waals surface area contributed by atoms with Crippen LogP contribution in [0.5, 0.6) is 0 Å². The lowest BCUT2D eigenvalue weighted by Gasteiger charge is -2.17. The third-order valence-electron chi connectivity index (χ3n) is 4.65. The fourth-order valence-corrected chi connectivity index (χ4v) is 3.63. The summed E-state index contributed by atoms with van der Waals surface area (Å²) in [5.74, 6) is -2.60. The first-order chi connectivity index (χ1) is 16.7. The molecule has 0 aliphatic rings. The van der Waals surface area contributed by atoms with Crippen LogP contribution in [0, 0.1) is 0 Å². The number of hydrogen-bond acceptors (Lipinski definition) is 5. The Kier molecular flexibility index (Phi) is 8.71. The van der Waals surface area contributed by atoms with Gasteiger partial charge < -0.3 is 30.5 Å². The molecular formula is C23H20Cl2N4O6. The van der Waals surface area contributed by atoms with E-state index in [1.807, 2.05) is 0 Å². The van der Waals surface area contributed by atoms with Crippen LogP contribution < -0.4 is 16.0 Å². The third-order valence-corrected chi connectivity index (χ3v) is 5.25. The van der Waals surface area contributed by atoms with Crippen molar-refractivity contribution in [3.05, 3.63) is 87.6 Å². The zero-order valence-corrected chi connectivity index (χ0v) is 19.5. The first kappa shape index (κ1) is 25.6. The van der Waals surface area contributed by atoms with E-state index in [2.05, 4.69) is 20.9 Å². The summed E-state index contributed by atoms with van der Waals surface area (Å²) in [7, 11) is 0. The monoisotopic (exact) mass is 518 g/mol. The summed E-state index contributed by atoms with van der Waals surface area (Å²) in [6.07, 6.45) is 5.83. The average molecular weight is 519 g/mol. The van der Waals surface area contributed by atoms with E-state index in [-0.39, 0.29) is 40.3 Å². The second-order valence-electron chi connectivity index (χ2n) is 7.16. The molecule has 0 saturated carbocycles. The summed E-state index contributed by atoms with van der Waals surface area (Å²) in [6, 6.07) is 7.94. The molecule has 12 heteroatoms. The predicted octanol–water partition coefficient (Wildman–Crippen LogP) is 2.86. The van der Waals surface area contributed by atoms with Gasteiger partial charge in [-0.15, -0.1) is 0 Å². The number of aromatic amines is 1. The van der Waals surface area contributed by atoms with Gasteiger partial charge in [-0.25, -0.2) is 4.79 Å². The summed E-state index contributed by atoms with van der Waals surface area (Å²) in [5.41, 5.74) is 0.623. The summed E-state index contributed by atoms with van der Waals surface area (Å²) in [6.45, 7) is -0.297. The Morgan fingerprint density at radius 3 is 2.40 bits per heavy atom. The van der Waals surface area contributed by atoms with Crippen molar-refractivity contribution >= 4 is 53.0 Å². The molecule has 10 nitrogen and oxygen atoms in total. The molecular weight excluding hydrogens is 499 g/mol. The maximum absolute atomic E-state index is 12.7. The maximum Gasteiger partial charge on any atom is 0.328 e. The van der Waals surface area contributed by atoms with Crippen molar-refractivity contribution in [2.45, 2.75) is 12.6 Å². The lowest BCUT2D eigenvalue weighted by atomic mass is 10.1. The minimum atomic E-state index is -1.44. The van der Waals surface area contributed by atoms with Gasteiger partial charge in [-0.05, 0) is 48.0 Å². The first-order valence-corrected chi connectivity index (χ1v) is 10.9. The van der Waals surface area contributed by atoms with Crippen LogP contribution in [0.15, 0.2) is 59.4 Å². The van der Waals surface area contributed by atoms with E-state index in [9.17, 15) is 24.3 Å². The average Bonchev–Trinajstić information content (AvgIpc) is 3.52. The van der Waals surface area contributed by atoms with Crippen molar-refractivity contribution in [1.82, 2.24) is 20.9 Å². The molecule has 0 aliphatic heterocycles. The Labute approximate surface area is 209 Å². The number of rotatable bonds is 10. The molecule has 5 N–H and O–H groups in total. The van der Waals surface area contributed by atoms with E-state index in [0.717, 1.165) is 0 Å². The molecule has 2 aromatic heterocycles. The van der Waals surface area contributed by atoms with Crippen LogP contribution in [0.4, 0.5) is 0 Å². The van der Waals surface area contributed by atoms with Gasteiger partial charge in [-0.2, -0.15) is 0 Å². The highest BCUT2D eigenvalue weighted by atomic mass is 35.5. The molecule has 3 amide bonds. The Balaban J connectivity index is 1.60. The summed E-state index contributed by atoms with van der Waals surface area (Å²) in [5, 5.41) is 16.7. The standard InChI is InChI=1S/C23H20Cl2N4O6/c24-15-9-13(11-27-19(30)6-5-14-3-2-8-35-14)10-16(25)20(15)22(32)29-18(23(33)34)12-28-21(31)17-4-1-7-26-17/h1-10,18,26H,11-12H2,(H,27,30)(H,28,31)(H,29,32)(H,33,34)/b6-5+/t18-/m0/s1. The number of carboxylic acids is 1. The summed E-state index contributed by atoms with van der Waals surface area (Å²) in [4.78, 5) is 51.0. The number of carboxylic acid groups (broad SMARTS) is 1. The SMILES string of the molecule is O=C(/C=C/c1ccco1)NCc1cc(Cl)c(C(=O)N[C@@H](CNC(=O)c2ccc[nH]2)C(=O)O)c(Cl)c1. The van der Waals surface area contributed by atoms with E-state index in [4.69, 9.17) is 27.6 Å². The number of halogens is 2. The highest BCUT2D eigenvalue weighted by Gasteiger charge is 2.25. The normalized spacial score (nSPS) is 11.7. The molecule has 1 atom stereocenters. The largest absolute Gasteiger partial charge is 0.480 e. The van der Waals surface area contributed by atoms with Gasteiger partial charge in [0.2, 0.25) is 5.91 Å². The quantitative estimate of drug-likeness (QED) is 0.260. The number of carbonyl (C=O) groups is 4. The second-order valence-corrected chi connectivity index (χ2v) is 7.97. The Hall–Kier alpha value is -4.02. The van der Waals surface area contributed by atoms with Gasteiger partial charge in [-0.3, -0.25) is 14.4 Å². The fraction of sp³-hybridized carbons (Fsp3) is 0.130. The Morgan fingerprint density at radius 2 is 1.80 bits per heavy atom. The van der Waals surface area contributed by atoms with Crippen molar-refractivity contribution < 1.29 is 28.7 Å². The van der Waals surface area contributed by atoms with Crippen LogP contribution in [0.3, 0.4) is 0 Å². The van der Waals surface area contributed by atoms with Crippen molar-refractivity contribution in [1.29, 1.82) is 0 Å². The molecule has 182 valence electrons. The molecule has 35 heavy (non-hydrogen) atoms. The van der Waals surface area contributed by atoms with Gasteiger partial charge in [0.25, 0.3) is 11.8 Å². The molecule has 0 spiro atoms. The highest BCUT2D eigenvalue weighted by Crippen LogP contribution is 2.27. The molecule has 3 rings (SSSR count). The molecule has 2 heterocycles. The Morgan fingerprint density at radius 1 is 1.06 bits per heavy atom. The van der Waals surface area contributed by atoms with E-state index < -0.39 is 23.8 Å². The number of hydrogen-bond donors (Lipinski definition) is 5. The fourth-order valence-electron chi connectivity index (χ4n) is 2.93. The zero-order valence-electron chi connectivity index (χ0n) is 18.0. The maximum atomic E-state index is 12.7. The van der Waals surface area contributed by atoms with Gasteiger partial charge in [0.15, 0.2) is 0 Å². The lowest BCUT2D eigenvalue weighted by Crippen LogP contribution is -2.48. The van der Waals surface area contributed by atoms with Crippen LogP contribution in [0.2, 0.25) is 10.0 Å². The number of amides is 3. The first-order valence-electron chi connectivity index (χ1n) is 10.2. The third kappa shape index (κ3) is 7.23. The van der Waals surface area contributed by atoms with E-state index in [0.29, 0.717) is 11.3 Å². The molecule has 0 saturated heterocycles. The van der Waals surface area contributed by atoms with Gasteiger partial charge in [0.1, 0.15) is 17.5 Å². The minimum absolute atomic E-state index is 0.0371. The minimum Gasteiger partial charge on any atom is -0.480 e. The lowest BCUT2D eigenvalue weighted by molar-refractivity contribution is -0.139. The van der Waals surface area contributed by atoms with Gasteiger partial charge >= 0.3 is 5.97 Å². The molecule has 3 aromatic rings. The smallest absolute Gasteiger partial charge is 0.328 e. The molecule has 0 fully saturated rings. The summed E-state index contributed by atoms with van der Waals surface area (Å²) < 4.78 is 5.10. The number of nitrogens with one attached hydrogen (secondary N) is 4. The molecule has 0 unspecified atom stereocenters. The van der Waals surface area contributed by atoms with Crippen molar-refractivity contribution in [3.63, 3.8) is 0 Å². The van der Waals surface area contributed by atoms with Gasteiger partial charge in [-0.1, -0.05) is 23.2 Å². The van der Waals surface area contributed by atoms with E-state index >= 15 is 0 Å². The molecule has 0 aliphatic carbocycles. The van der Waals surface area contributed by atoms with Crippen LogP contribution >= 0.6 is 23.2 Å². The molecule has 0 bridgehead atoms. The second kappa shape index (κ2) is 11.9. The number of aliphatic carboxylic acids is 1. The molecule has 0 radical (unpaired) electrons.